The van der Waals surface area contributed by atoms with Crippen LogP contribution < -0.4 is 10.9 Å². The number of carbonyl (C=O) groups is 2. The molecule has 0 spiro atoms. The van der Waals surface area contributed by atoms with Crippen molar-refractivity contribution in [3.05, 3.63) is 99.2 Å². The smallest absolute Gasteiger partial charge is 0.340 e. The molecule has 3 aromatic heterocycles. The molecule has 206 valence electrons. The Morgan fingerprint density at radius 3 is 2.56 bits per heavy atom. The Balaban J connectivity index is 1.29. The second-order valence-electron chi connectivity index (χ2n) is 9.88. The predicted molar refractivity (Wildman–Crippen MR) is 154 cm³/mol. The third-order valence-corrected chi connectivity index (χ3v) is 7.53. The molecule has 0 radical (unpaired) electrons. The standard InChI is InChI=1S/C31H23ClN2O7/c1-15-20-10-23-24(16-2-4-18(32)5-3-16)14-40-27(23)12-28(20)41-31(39)21(15)11-29(36)34-26(30(37)38)8-17-13-33-25-7-6-19(35)9-22(17)25/h2-7,9-10,12-14,26,33,35H,8,11H2,1H3,(H,34,36)(H,37,38)/t26-/m0/s1. The van der Waals surface area contributed by atoms with Crippen LogP contribution in [0.4, 0.5) is 0 Å². The first-order valence-electron chi connectivity index (χ1n) is 12.7. The molecule has 10 heteroatoms. The predicted octanol–water partition coefficient (Wildman–Crippen LogP) is 5.71. The summed E-state index contributed by atoms with van der Waals surface area (Å²) in [5, 5.41) is 24.9. The fourth-order valence-corrected chi connectivity index (χ4v) is 5.25. The zero-order valence-electron chi connectivity index (χ0n) is 21.7. The van der Waals surface area contributed by atoms with Gasteiger partial charge in [-0.1, -0.05) is 23.7 Å². The van der Waals surface area contributed by atoms with Crippen LogP contribution in [0.25, 0.3) is 44.0 Å². The van der Waals surface area contributed by atoms with Gasteiger partial charge in [0.25, 0.3) is 0 Å². The van der Waals surface area contributed by atoms with Crippen molar-refractivity contribution in [2.24, 2.45) is 0 Å². The van der Waals surface area contributed by atoms with Crippen LogP contribution in [0.3, 0.4) is 0 Å². The number of furan rings is 1. The van der Waals surface area contributed by atoms with Gasteiger partial charge in [-0.3, -0.25) is 4.79 Å². The number of phenolic OH excluding ortho intramolecular Hbond substituents is 1. The molecule has 0 saturated carbocycles. The van der Waals surface area contributed by atoms with Gasteiger partial charge in [0.1, 0.15) is 23.0 Å². The second-order valence-corrected chi connectivity index (χ2v) is 10.3. The molecule has 0 saturated heterocycles. The highest BCUT2D eigenvalue weighted by atomic mass is 35.5. The van der Waals surface area contributed by atoms with Crippen LogP contribution in [0.2, 0.25) is 5.02 Å². The van der Waals surface area contributed by atoms with E-state index in [1.807, 2.05) is 18.2 Å². The minimum absolute atomic E-state index is 0.0260. The topological polar surface area (TPSA) is 146 Å². The molecule has 6 rings (SSSR count). The maximum absolute atomic E-state index is 13.0. The van der Waals surface area contributed by atoms with E-state index in [-0.39, 0.29) is 24.2 Å². The molecular weight excluding hydrogens is 548 g/mol. The zero-order chi connectivity index (χ0) is 28.8. The van der Waals surface area contributed by atoms with Crippen LogP contribution in [0.15, 0.2) is 80.7 Å². The quantitative estimate of drug-likeness (QED) is 0.180. The minimum atomic E-state index is -1.26. The Morgan fingerprint density at radius 1 is 1.02 bits per heavy atom. The molecule has 41 heavy (non-hydrogen) atoms. The van der Waals surface area contributed by atoms with Gasteiger partial charge in [-0.25, -0.2) is 9.59 Å². The number of fused-ring (bicyclic) bond motifs is 3. The molecule has 0 fully saturated rings. The number of phenols is 1. The number of carbonyl (C=O) groups excluding carboxylic acids is 1. The number of aromatic nitrogens is 1. The third-order valence-electron chi connectivity index (χ3n) is 7.28. The van der Waals surface area contributed by atoms with Crippen molar-refractivity contribution in [2.75, 3.05) is 0 Å². The number of hydrogen-bond acceptors (Lipinski definition) is 6. The minimum Gasteiger partial charge on any atom is -0.508 e. The van der Waals surface area contributed by atoms with Gasteiger partial charge in [-0.2, -0.15) is 0 Å². The molecule has 0 unspecified atom stereocenters. The molecule has 3 heterocycles. The van der Waals surface area contributed by atoms with Crippen molar-refractivity contribution in [1.29, 1.82) is 0 Å². The number of amides is 1. The number of carboxylic acid groups (broad SMARTS) is 1. The molecule has 3 aromatic carbocycles. The van der Waals surface area contributed by atoms with E-state index in [1.54, 1.807) is 43.6 Å². The molecule has 0 bridgehead atoms. The summed E-state index contributed by atoms with van der Waals surface area (Å²) >= 11 is 6.04. The lowest BCUT2D eigenvalue weighted by atomic mass is 9.99. The Morgan fingerprint density at radius 2 is 1.80 bits per heavy atom. The molecule has 6 aromatic rings. The van der Waals surface area contributed by atoms with Crippen molar-refractivity contribution >= 4 is 56.3 Å². The molecule has 0 aliphatic rings. The summed E-state index contributed by atoms with van der Waals surface area (Å²) < 4.78 is 11.3. The van der Waals surface area contributed by atoms with Crippen LogP contribution in [0.1, 0.15) is 16.7 Å². The van der Waals surface area contributed by atoms with Gasteiger partial charge in [-0.05, 0) is 60.0 Å². The number of halogens is 1. The van der Waals surface area contributed by atoms with E-state index < -0.39 is 23.5 Å². The van der Waals surface area contributed by atoms with Crippen molar-refractivity contribution in [1.82, 2.24) is 10.3 Å². The summed E-state index contributed by atoms with van der Waals surface area (Å²) in [7, 11) is 0. The monoisotopic (exact) mass is 570 g/mol. The number of nitrogens with one attached hydrogen (secondary N) is 2. The van der Waals surface area contributed by atoms with Gasteiger partial charge in [0.15, 0.2) is 0 Å². The first-order valence-corrected chi connectivity index (χ1v) is 13.1. The molecule has 9 nitrogen and oxygen atoms in total. The van der Waals surface area contributed by atoms with Crippen LogP contribution in [0.5, 0.6) is 5.75 Å². The number of aromatic hydroxyl groups is 1. The largest absolute Gasteiger partial charge is 0.508 e. The zero-order valence-corrected chi connectivity index (χ0v) is 22.4. The summed E-state index contributed by atoms with van der Waals surface area (Å²) in [5.74, 6) is -1.82. The van der Waals surface area contributed by atoms with E-state index in [4.69, 9.17) is 20.4 Å². The average molecular weight is 571 g/mol. The lowest BCUT2D eigenvalue weighted by Crippen LogP contribution is -2.43. The molecule has 1 atom stereocenters. The van der Waals surface area contributed by atoms with Crippen LogP contribution in [0, 0.1) is 6.92 Å². The van der Waals surface area contributed by atoms with Gasteiger partial charge in [0.2, 0.25) is 5.91 Å². The molecule has 4 N–H and O–H groups in total. The Bertz CT molecular complexity index is 2040. The summed E-state index contributed by atoms with van der Waals surface area (Å²) in [5.41, 5.74) is 3.91. The van der Waals surface area contributed by atoms with Crippen molar-refractivity contribution in [3.63, 3.8) is 0 Å². The highest BCUT2D eigenvalue weighted by molar-refractivity contribution is 6.30. The van der Waals surface area contributed by atoms with Gasteiger partial charge in [-0.15, -0.1) is 0 Å². The second kappa shape index (κ2) is 10.2. The highest BCUT2D eigenvalue weighted by Gasteiger charge is 2.24. The van der Waals surface area contributed by atoms with E-state index in [2.05, 4.69) is 10.3 Å². The first kappa shape index (κ1) is 26.2. The molecule has 0 aliphatic carbocycles. The maximum atomic E-state index is 13.0. The highest BCUT2D eigenvalue weighted by Crippen LogP contribution is 2.35. The lowest BCUT2D eigenvalue weighted by molar-refractivity contribution is -0.141. The fraction of sp³-hybridized carbons (Fsp3) is 0.129. The Hall–Kier alpha value is -5.02. The van der Waals surface area contributed by atoms with Crippen LogP contribution in [-0.4, -0.2) is 33.1 Å². The normalized spacial score (nSPS) is 12.2. The number of aliphatic carboxylic acids is 1. The van der Waals surface area contributed by atoms with Gasteiger partial charge < -0.3 is 29.3 Å². The van der Waals surface area contributed by atoms with E-state index in [1.165, 1.54) is 12.1 Å². The number of benzene rings is 3. The summed E-state index contributed by atoms with van der Waals surface area (Å²) in [6, 6.07) is 14.3. The number of hydrogen-bond donors (Lipinski definition) is 4. The van der Waals surface area contributed by atoms with Crippen LogP contribution in [-0.2, 0) is 22.4 Å². The van der Waals surface area contributed by atoms with E-state index in [0.717, 1.165) is 22.0 Å². The number of rotatable bonds is 7. The SMILES string of the molecule is Cc1c(CC(=O)N[C@@H](Cc2c[nH]c3ccc(O)cc23)C(=O)O)c(=O)oc2cc3occ(-c4ccc(Cl)cc4)c3cc12. The summed E-state index contributed by atoms with van der Waals surface area (Å²) in [6.07, 6.45) is 2.87. The van der Waals surface area contributed by atoms with Crippen molar-refractivity contribution in [2.45, 2.75) is 25.8 Å². The van der Waals surface area contributed by atoms with E-state index >= 15 is 0 Å². The first-order chi connectivity index (χ1) is 19.7. The average Bonchev–Trinajstić information content (AvgIpc) is 3.53. The summed E-state index contributed by atoms with van der Waals surface area (Å²) in [6.45, 7) is 1.73. The summed E-state index contributed by atoms with van der Waals surface area (Å²) in [4.78, 5) is 41.0. The number of H-pyrrole nitrogens is 1. The number of carboxylic acids is 1. The van der Waals surface area contributed by atoms with Crippen molar-refractivity contribution < 1.29 is 28.6 Å². The van der Waals surface area contributed by atoms with Gasteiger partial charge >= 0.3 is 11.6 Å². The third kappa shape index (κ3) is 4.92. The fourth-order valence-electron chi connectivity index (χ4n) is 5.13. The van der Waals surface area contributed by atoms with Crippen LogP contribution >= 0.6 is 11.6 Å². The molecule has 0 aliphatic heterocycles. The van der Waals surface area contributed by atoms with Gasteiger partial charge in [0.05, 0.1) is 18.2 Å². The van der Waals surface area contributed by atoms with E-state index in [0.29, 0.717) is 38.1 Å². The van der Waals surface area contributed by atoms with Gasteiger partial charge in [0, 0.05) is 50.9 Å². The Labute approximate surface area is 237 Å². The van der Waals surface area contributed by atoms with E-state index in [9.17, 15) is 24.6 Å². The number of aromatic amines is 1. The lowest BCUT2D eigenvalue weighted by Gasteiger charge is -2.15. The van der Waals surface area contributed by atoms with Crippen molar-refractivity contribution in [3.8, 4) is 16.9 Å². The maximum Gasteiger partial charge on any atom is 0.340 e. The Kier molecular flexibility index (Phi) is 6.51. The molecule has 1 amide bonds. The number of aryl methyl sites for hydroxylation is 1. The molecular formula is C31H23ClN2O7.